The number of aliphatic imine (C=N–C) groups is 1. The number of carbonyl (C=O) groups excluding carboxylic acids is 1. The van der Waals surface area contributed by atoms with Crippen molar-refractivity contribution in [2.24, 2.45) is 10.7 Å². The van der Waals surface area contributed by atoms with Gasteiger partial charge in [-0.1, -0.05) is 24.3 Å². The molecule has 1 amide bonds. The number of allylic oxidation sites excluding steroid dienone is 4. The lowest BCUT2D eigenvalue weighted by Gasteiger charge is -2.08. The Bertz CT molecular complexity index is 804. The molecule has 33 heavy (non-hydrogen) atoms. The van der Waals surface area contributed by atoms with Crippen LogP contribution in [-0.2, 0) is 11.2 Å². The number of aryl methyl sites for hydroxylation is 1. The summed E-state index contributed by atoms with van der Waals surface area (Å²) < 4.78 is 5.55. The summed E-state index contributed by atoms with van der Waals surface area (Å²) in [7, 11) is 1.50. The lowest BCUT2D eigenvalue weighted by atomic mass is 10.1. The number of rotatable bonds is 14. The normalized spacial score (nSPS) is 15.9. The molecular formula is C25H38N4O3S. The molecule has 7 nitrogen and oxygen atoms in total. The molecule has 1 aliphatic heterocycles. The standard InChI is InChI=1S/C24H33N3O3S.CH5N/c1-3-23-20(16-24(29)27-23)9-12-22(17-25-2)31-18-26-13-4-6-19-7-10-21(11-8-19)30-15-5-14-28;1-2/h3,7-11,17,26,28H,2,4-6,12-16,18H2,1H3,(H,27,29);2H2,1H3/b20-9-,22-17-,23-3+;. The molecule has 0 spiro atoms. The smallest absolute Gasteiger partial charge is 0.228 e. The molecule has 1 heterocycles. The van der Waals surface area contributed by atoms with E-state index in [2.05, 4.69) is 46.3 Å². The average Bonchev–Trinajstić information content (AvgIpc) is 3.21. The lowest BCUT2D eigenvalue weighted by Crippen LogP contribution is -2.15. The van der Waals surface area contributed by atoms with Crippen LogP contribution < -0.4 is 21.1 Å². The van der Waals surface area contributed by atoms with Crippen molar-refractivity contribution in [3.8, 4) is 5.75 Å². The van der Waals surface area contributed by atoms with Crippen LogP contribution in [0.25, 0.3) is 0 Å². The maximum absolute atomic E-state index is 11.6. The van der Waals surface area contributed by atoms with Crippen LogP contribution in [0, 0.1) is 0 Å². The number of aliphatic hydroxyl groups is 1. The number of nitrogens with two attached hydrogens (primary N) is 1. The van der Waals surface area contributed by atoms with Crippen LogP contribution >= 0.6 is 11.8 Å². The number of thioether (sulfide) groups is 1. The first-order valence-electron chi connectivity index (χ1n) is 11.2. The molecule has 0 aliphatic carbocycles. The van der Waals surface area contributed by atoms with Crippen LogP contribution in [-0.4, -0.2) is 50.4 Å². The zero-order chi connectivity index (χ0) is 24.3. The Morgan fingerprint density at radius 3 is 2.76 bits per heavy atom. The topological polar surface area (TPSA) is 109 Å². The molecular weight excluding hydrogens is 436 g/mol. The van der Waals surface area contributed by atoms with Crippen molar-refractivity contribution in [1.29, 1.82) is 0 Å². The highest BCUT2D eigenvalue weighted by atomic mass is 32.2. The summed E-state index contributed by atoms with van der Waals surface area (Å²) >= 11 is 1.71. The zero-order valence-corrected chi connectivity index (χ0v) is 20.6. The van der Waals surface area contributed by atoms with E-state index in [1.54, 1.807) is 18.0 Å². The largest absolute Gasteiger partial charge is 0.494 e. The Morgan fingerprint density at radius 1 is 1.33 bits per heavy atom. The molecule has 1 saturated heterocycles. The zero-order valence-electron chi connectivity index (χ0n) is 19.8. The molecule has 0 saturated carbocycles. The van der Waals surface area contributed by atoms with Crippen molar-refractivity contribution in [3.63, 3.8) is 0 Å². The summed E-state index contributed by atoms with van der Waals surface area (Å²) in [6.45, 7) is 7.11. The average molecular weight is 475 g/mol. The summed E-state index contributed by atoms with van der Waals surface area (Å²) in [5, 5.41) is 15.1. The quantitative estimate of drug-likeness (QED) is 0.187. The van der Waals surface area contributed by atoms with Gasteiger partial charge in [0.05, 0.1) is 13.0 Å². The van der Waals surface area contributed by atoms with Gasteiger partial charge < -0.3 is 26.2 Å². The predicted octanol–water partition coefficient (Wildman–Crippen LogP) is 3.52. The van der Waals surface area contributed by atoms with E-state index in [4.69, 9.17) is 9.84 Å². The monoisotopic (exact) mass is 474 g/mol. The van der Waals surface area contributed by atoms with Gasteiger partial charge in [0.2, 0.25) is 5.91 Å². The number of nitrogens with zero attached hydrogens (tertiary/aromatic N) is 1. The highest BCUT2D eigenvalue weighted by molar-refractivity contribution is 8.03. The van der Waals surface area contributed by atoms with Crippen molar-refractivity contribution >= 4 is 24.4 Å². The van der Waals surface area contributed by atoms with Gasteiger partial charge in [-0.3, -0.25) is 9.79 Å². The van der Waals surface area contributed by atoms with E-state index >= 15 is 0 Å². The van der Waals surface area contributed by atoms with Crippen molar-refractivity contribution in [3.05, 3.63) is 64.4 Å². The summed E-state index contributed by atoms with van der Waals surface area (Å²) in [4.78, 5) is 16.6. The second kappa shape index (κ2) is 18.1. The highest BCUT2D eigenvalue weighted by Gasteiger charge is 2.19. The Morgan fingerprint density at radius 2 is 2.09 bits per heavy atom. The van der Waals surface area contributed by atoms with E-state index in [1.165, 1.54) is 12.6 Å². The molecule has 5 N–H and O–H groups in total. The van der Waals surface area contributed by atoms with Crippen molar-refractivity contribution in [2.75, 3.05) is 32.7 Å². The third kappa shape index (κ3) is 11.9. The van der Waals surface area contributed by atoms with Crippen LogP contribution in [0.15, 0.2) is 63.8 Å². The third-order valence-electron chi connectivity index (χ3n) is 4.72. The Balaban J connectivity index is 0.00000265. The number of benzene rings is 1. The van der Waals surface area contributed by atoms with Gasteiger partial charge in [0.15, 0.2) is 0 Å². The third-order valence-corrected chi connectivity index (χ3v) is 5.71. The molecule has 1 aromatic rings. The fraction of sp³-hybridized carbons (Fsp3) is 0.440. The van der Waals surface area contributed by atoms with E-state index in [0.717, 1.165) is 53.6 Å². The van der Waals surface area contributed by atoms with Gasteiger partial charge >= 0.3 is 0 Å². The predicted molar refractivity (Wildman–Crippen MR) is 139 cm³/mol. The van der Waals surface area contributed by atoms with E-state index < -0.39 is 0 Å². The number of amides is 1. The SMILES string of the molecule is C=N/C=C(/C/C=C1/CC(=O)N/C1=C/C)SCNCCCc1ccc(OCCCO)cc1.CN. The molecule has 2 rings (SSSR count). The van der Waals surface area contributed by atoms with E-state index in [0.29, 0.717) is 19.4 Å². The molecule has 1 fully saturated rings. The second-order valence-electron chi connectivity index (χ2n) is 7.10. The minimum Gasteiger partial charge on any atom is -0.494 e. The van der Waals surface area contributed by atoms with Crippen molar-refractivity contribution < 1.29 is 14.6 Å². The minimum absolute atomic E-state index is 0.0462. The molecule has 8 heteroatoms. The molecule has 0 atom stereocenters. The van der Waals surface area contributed by atoms with Gasteiger partial charge in [-0.25, -0.2) is 0 Å². The molecule has 182 valence electrons. The molecule has 1 aliphatic rings. The number of nitrogens with one attached hydrogen (secondary N) is 2. The molecule has 0 radical (unpaired) electrons. The first-order valence-corrected chi connectivity index (χ1v) is 12.2. The Kier molecular flexibility index (Phi) is 15.7. The number of ether oxygens (including phenoxy) is 1. The van der Waals surface area contributed by atoms with Gasteiger partial charge in [0, 0.05) is 35.7 Å². The first-order chi connectivity index (χ1) is 16.2. The maximum Gasteiger partial charge on any atom is 0.228 e. The number of hydrogen-bond acceptors (Lipinski definition) is 7. The van der Waals surface area contributed by atoms with E-state index in [9.17, 15) is 4.79 Å². The van der Waals surface area contributed by atoms with Crippen LogP contribution in [0.5, 0.6) is 5.75 Å². The Labute approximate surface area is 202 Å². The summed E-state index contributed by atoms with van der Waals surface area (Å²) in [5.74, 6) is 1.69. The maximum atomic E-state index is 11.6. The van der Waals surface area contributed by atoms with E-state index in [-0.39, 0.29) is 12.5 Å². The fourth-order valence-corrected chi connectivity index (χ4v) is 3.88. The number of hydrogen-bond donors (Lipinski definition) is 4. The van der Waals surface area contributed by atoms with Gasteiger partial charge in [-0.05, 0) is 69.8 Å². The minimum atomic E-state index is 0.0462. The van der Waals surface area contributed by atoms with Gasteiger partial charge in [0.1, 0.15) is 5.75 Å². The summed E-state index contributed by atoms with van der Waals surface area (Å²) in [6.07, 6.45) is 9.68. The van der Waals surface area contributed by atoms with Gasteiger partial charge in [-0.2, -0.15) is 0 Å². The second-order valence-corrected chi connectivity index (χ2v) is 8.20. The highest BCUT2D eigenvalue weighted by Crippen LogP contribution is 2.24. The number of aliphatic hydroxyl groups excluding tert-OH is 1. The fourth-order valence-electron chi connectivity index (χ4n) is 3.10. The van der Waals surface area contributed by atoms with Crippen LogP contribution in [0.2, 0.25) is 0 Å². The van der Waals surface area contributed by atoms with Gasteiger partial charge in [-0.15, -0.1) is 11.8 Å². The molecule has 0 bridgehead atoms. The summed E-state index contributed by atoms with van der Waals surface area (Å²) in [6, 6.07) is 8.15. The van der Waals surface area contributed by atoms with Crippen LogP contribution in [0.4, 0.5) is 0 Å². The van der Waals surface area contributed by atoms with Crippen molar-refractivity contribution in [2.45, 2.75) is 39.0 Å². The van der Waals surface area contributed by atoms with Crippen LogP contribution in [0.1, 0.15) is 38.2 Å². The van der Waals surface area contributed by atoms with Gasteiger partial charge in [0.25, 0.3) is 0 Å². The molecule has 1 aromatic carbocycles. The first kappa shape index (κ1) is 28.6. The Hall–Kier alpha value is -2.39. The molecule has 0 unspecified atom stereocenters. The lowest BCUT2D eigenvalue weighted by molar-refractivity contribution is -0.118. The van der Waals surface area contributed by atoms with E-state index in [1.807, 2.05) is 25.1 Å². The van der Waals surface area contributed by atoms with Crippen molar-refractivity contribution in [1.82, 2.24) is 10.6 Å². The number of carbonyl (C=O) groups is 1. The van der Waals surface area contributed by atoms with Crippen LogP contribution in [0.3, 0.4) is 0 Å². The summed E-state index contributed by atoms with van der Waals surface area (Å²) in [5.41, 5.74) is 7.73. The molecule has 0 aromatic heterocycles.